The first-order valence-corrected chi connectivity index (χ1v) is 13.2. The van der Waals surface area contributed by atoms with Gasteiger partial charge in [-0.1, -0.05) is 30.3 Å². The van der Waals surface area contributed by atoms with Crippen molar-refractivity contribution in [2.24, 2.45) is 0 Å². The SMILES string of the molecule is C[C@@H]1c2ccccc2CCN1C(=O)c1cc(C2CC2)c2nc(-c3ccc4c(c3F)OCC(C(=O)O)=C4)cn2c1. The molecule has 4 aromatic rings. The average molecular weight is 524 g/mol. The van der Waals surface area contributed by atoms with Gasteiger partial charge in [-0.05, 0) is 67.0 Å². The molecule has 1 N–H and O–H groups in total. The highest BCUT2D eigenvalue weighted by Gasteiger charge is 2.32. The molecule has 1 saturated carbocycles. The minimum atomic E-state index is -1.09. The predicted octanol–water partition coefficient (Wildman–Crippen LogP) is 5.64. The number of aromatic nitrogens is 2. The van der Waals surface area contributed by atoms with E-state index in [1.165, 1.54) is 17.2 Å². The summed E-state index contributed by atoms with van der Waals surface area (Å²) in [6.07, 6.45) is 7.86. The zero-order valence-electron chi connectivity index (χ0n) is 21.4. The fourth-order valence-corrected chi connectivity index (χ4v) is 5.81. The van der Waals surface area contributed by atoms with E-state index in [9.17, 15) is 14.7 Å². The van der Waals surface area contributed by atoms with Crippen molar-refractivity contribution in [2.45, 2.75) is 38.1 Å². The zero-order valence-corrected chi connectivity index (χ0v) is 21.4. The molecular weight excluding hydrogens is 497 g/mol. The number of carbonyl (C=O) groups is 2. The van der Waals surface area contributed by atoms with Crippen molar-refractivity contribution in [3.63, 3.8) is 0 Å². The Morgan fingerprint density at radius 1 is 1.10 bits per heavy atom. The quantitative estimate of drug-likeness (QED) is 0.374. The van der Waals surface area contributed by atoms with Gasteiger partial charge in [-0.25, -0.2) is 14.2 Å². The maximum atomic E-state index is 15.6. The monoisotopic (exact) mass is 523 g/mol. The Morgan fingerprint density at radius 2 is 1.92 bits per heavy atom. The van der Waals surface area contributed by atoms with Gasteiger partial charge in [0.1, 0.15) is 12.3 Å². The summed E-state index contributed by atoms with van der Waals surface area (Å²) in [5.74, 6) is -1.35. The molecule has 0 unspecified atom stereocenters. The van der Waals surface area contributed by atoms with Crippen molar-refractivity contribution >= 4 is 23.6 Å². The van der Waals surface area contributed by atoms with Crippen molar-refractivity contribution in [1.29, 1.82) is 0 Å². The summed E-state index contributed by atoms with van der Waals surface area (Å²) in [7, 11) is 0. The molecule has 8 heteroatoms. The molecule has 2 aromatic carbocycles. The van der Waals surface area contributed by atoms with Gasteiger partial charge in [0.2, 0.25) is 0 Å². The van der Waals surface area contributed by atoms with Gasteiger partial charge in [-0.2, -0.15) is 0 Å². The highest BCUT2D eigenvalue weighted by Crippen LogP contribution is 2.43. The van der Waals surface area contributed by atoms with Crippen LogP contribution in [0.3, 0.4) is 0 Å². The van der Waals surface area contributed by atoms with E-state index in [1.54, 1.807) is 24.5 Å². The van der Waals surface area contributed by atoms with E-state index in [0.717, 1.165) is 24.8 Å². The molecule has 39 heavy (non-hydrogen) atoms. The number of fused-ring (bicyclic) bond motifs is 3. The van der Waals surface area contributed by atoms with Crippen LogP contribution >= 0.6 is 0 Å². The summed E-state index contributed by atoms with van der Waals surface area (Å²) < 4.78 is 22.9. The topological polar surface area (TPSA) is 84.1 Å². The number of nitrogens with zero attached hydrogens (tertiary/aromatic N) is 3. The lowest BCUT2D eigenvalue weighted by Gasteiger charge is -2.35. The first kappa shape index (κ1) is 23.6. The molecule has 3 aliphatic rings. The molecule has 1 fully saturated rings. The van der Waals surface area contributed by atoms with E-state index >= 15 is 4.39 Å². The number of pyridine rings is 1. The zero-order chi connectivity index (χ0) is 26.8. The van der Waals surface area contributed by atoms with Gasteiger partial charge in [-0.15, -0.1) is 0 Å². The van der Waals surface area contributed by atoms with E-state index in [1.807, 2.05) is 27.5 Å². The molecule has 0 spiro atoms. The molecule has 0 radical (unpaired) electrons. The molecule has 2 aromatic heterocycles. The standard InChI is InChI=1S/C31H26FN3O4/c1-17-23-5-3-2-4-18(23)10-11-35(17)30(36)21-13-25(19-6-7-19)29-33-26(15-34(29)14-21)24-9-8-20-12-22(31(37)38)16-39-28(20)27(24)32/h2-5,8-9,12-15,17,19H,6-7,10-11,16H2,1H3,(H,37,38)/t17-/m1/s1. The first-order valence-electron chi connectivity index (χ1n) is 13.2. The summed E-state index contributed by atoms with van der Waals surface area (Å²) in [5, 5.41) is 9.24. The molecule has 4 heterocycles. The van der Waals surface area contributed by atoms with Crippen molar-refractivity contribution in [2.75, 3.05) is 13.2 Å². The molecule has 1 atom stereocenters. The number of imidazole rings is 1. The number of aliphatic carboxylic acids is 1. The summed E-state index contributed by atoms with van der Waals surface area (Å²) in [4.78, 5) is 31.8. The number of hydrogen-bond donors (Lipinski definition) is 1. The first-order chi connectivity index (χ1) is 18.9. The molecule has 2 aliphatic heterocycles. The minimum Gasteiger partial charge on any atom is -0.485 e. The maximum Gasteiger partial charge on any atom is 0.335 e. The van der Waals surface area contributed by atoms with Gasteiger partial charge >= 0.3 is 5.97 Å². The Morgan fingerprint density at radius 3 is 2.72 bits per heavy atom. The van der Waals surface area contributed by atoms with Crippen LogP contribution in [0.5, 0.6) is 5.75 Å². The second kappa shape index (κ2) is 8.80. The van der Waals surface area contributed by atoms with E-state index in [0.29, 0.717) is 34.9 Å². The van der Waals surface area contributed by atoms with Crippen LogP contribution in [0.15, 0.2) is 60.4 Å². The Balaban J connectivity index is 1.27. The van der Waals surface area contributed by atoms with Crippen molar-refractivity contribution in [3.05, 3.63) is 94.1 Å². The lowest BCUT2D eigenvalue weighted by Crippen LogP contribution is -2.39. The number of ether oxygens (including phenoxy) is 1. The Hall–Kier alpha value is -4.46. The molecule has 1 aliphatic carbocycles. The third kappa shape index (κ3) is 3.90. The van der Waals surface area contributed by atoms with Crippen LogP contribution < -0.4 is 4.74 Å². The van der Waals surface area contributed by atoms with Crippen molar-refractivity contribution in [1.82, 2.24) is 14.3 Å². The minimum absolute atomic E-state index is 0.0206. The van der Waals surface area contributed by atoms with Gasteiger partial charge in [0, 0.05) is 30.1 Å². The fraction of sp³-hybridized carbons (Fsp3) is 0.258. The van der Waals surface area contributed by atoms with Gasteiger partial charge in [0.25, 0.3) is 5.91 Å². The van der Waals surface area contributed by atoms with E-state index in [-0.39, 0.29) is 35.4 Å². The molecule has 7 nitrogen and oxygen atoms in total. The summed E-state index contributed by atoms with van der Waals surface area (Å²) in [6.45, 7) is 2.52. The van der Waals surface area contributed by atoms with Crippen molar-refractivity contribution < 1.29 is 23.8 Å². The normalized spacial score (nSPS) is 18.3. The highest BCUT2D eigenvalue weighted by atomic mass is 19.1. The number of halogens is 1. The molecule has 196 valence electrons. The van der Waals surface area contributed by atoms with E-state index in [2.05, 4.69) is 19.1 Å². The summed E-state index contributed by atoms with van der Waals surface area (Å²) in [5.41, 5.74) is 5.93. The number of benzene rings is 2. The highest BCUT2D eigenvalue weighted by molar-refractivity contribution is 5.95. The van der Waals surface area contributed by atoms with Crippen LogP contribution in [0.1, 0.15) is 64.3 Å². The Kier molecular flexibility index (Phi) is 5.33. The lowest BCUT2D eigenvalue weighted by atomic mass is 9.93. The number of carboxylic acids is 1. The summed E-state index contributed by atoms with van der Waals surface area (Å²) in [6, 6.07) is 13.4. The third-order valence-electron chi connectivity index (χ3n) is 8.08. The Labute approximate surface area is 224 Å². The molecule has 0 bridgehead atoms. The van der Waals surface area contributed by atoms with Crippen LogP contribution in [0.4, 0.5) is 4.39 Å². The summed E-state index contributed by atoms with van der Waals surface area (Å²) >= 11 is 0. The molecule has 7 rings (SSSR count). The third-order valence-corrected chi connectivity index (χ3v) is 8.08. The van der Waals surface area contributed by atoms with Crippen LogP contribution in [-0.2, 0) is 11.2 Å². The van der Waals surface area contributed by atoms with Crippen LogP contribution in [-0.4, -0.2) is 44.4 Å². The lowest BCUT2D eigenvalue weighted by molar-refractivity contribution is -0.133. The van der Waals surface area contributed by atoms with Gasteiger partial charge < -0.3 is 19.1 Å². The number of amides is 1. The molecule has 1 amide bonds. The maximum absolute atomic E-state index is 15.6. The van der Waals surface area contributed by atoms with Crippen LogP contribution in [0, 0.1) is 5.82 Å². The Bertz CT molecular complexity index is 1720. The largest absolute Gasteiger partial charge is 0.485 e. The predicted molar refractivity (Wildman–Crippen MR) is 143 cm³/mol. The second-order valence-corrected chi connectivity index (χ2v) is 10.5. The number of hydrogen-bond acceptors (Lipinski definition) is 4. The second-order valence-electron chi connectivity index (χ2n) is 10.5. The number of carboxylic acid groups (broad SMARTS) is 1. The smallest absolute Gasteiger partial charge is 0.335 e. The number of carbonyl (C=O) groups excluding carboxylic acids is 1. The van der Waals surface area contributed by atoms with E-state index < -0.39 is 11.8 Å². The van der Waals surface area contributed by atoms with Gasteiger partial charge in [0.15, 0.2) is 11.6 Å². The average Bonchev–Trinajstić information content (AvgIpc) is 3.70. The van der Waals surface area contributed by atoms with Crippen LogP contribution in [0.2, 0.25) is 0 Å². The van der Waals surface area contributed by atoms with Crippen molar-refractivity contribution in [3.8, 4) is 17.0 Å². The number of rotatable bonds is 4. The van der Waals surface area contributed by atoms with Crippen LogP contribution in [0.25, 0.3) is 23.0 Å². The van der Waals surface area contributed by atoms with E-state index in [4.69, 9.17) is 9.72 Å². The van der Waals surface area contributed by atoms with Gasteiger partial charge in [-0.3, -0.25) is 4.79 Å². The molecule has 0 saturated heterocycles. The fourth-order valence-electron chi connectivity index (χ4n) is 5.81. The van der Waals surface area contributed by atoms with Gasteiger partial charge in [0.05, 0.1) is 22.9 Å². The molecular formula is C31H26FN3O4.